The molecule has 1 amide bonds. The van der Waals surface area contributed by atoms with E-state index in [1.54, 1.807) is 24.1 Å². The Morgan fingerprint density at radius 1 is 1.06 bits per heavy atom. The van der Waals surface area contributed by atoms with E-state index in [0.717, 1.165) is 22.5 Å². The van der Waals surface area contributed by atoms with Crippen molar-refractivity contribution in [2.75, 3.05) is 12.4 Å². The van der Waals surface area contributed by atoms with Crippen LogP contribution in [0.3, 0.4) is 0 Å². The van der Waals surface area contributed by atoms with Crippen molar-refractivity contribution >= 4 is 11.9 Å². The third kappa shape index (κ3) is 5.44. The van der Waals surface area contributed by atoms with E-state index in [9.17, 15) is 4.79 Å². The number of ether oxygens (including phenoxy) is 1. The van der Waals surface area contributed by atoms with E-state index in [1.807, 2.05) is 42.5 Å². The molecular weight excluding hydrogens is 418 g/mol. The van der Waals surface area contributed by atoms with E-state index >= 15 is 0 Å². The van der Waals surface area contributed by atoms with Gasteiger partial charge >= 0.3 is 0 Å². The van der Waals surface area contributed by atoms with Gasteiger partial charge in [-0.2, -0.15) is 0 Å². The molecule has 0 bridgehead atoms. The van der Waals surface area contributed by atoms with E-state index in [4.69, 9.17) is 11.2 Å². The molecule has 0 unspecified atom stereocenters. The molecule has 0 radical (unpaired) electrons. The second-order valence-electron chi connectivity index (χ2n) is 7.22. The first-order valence-corrected chi connectivity index (χ1v) is 10.1. The number of nitrogens with zero attached hydrogens (tertiary/aromatic N) is 6. The van der Waals surface area contributed by atoms with Gasteiger partial charge in [0.25, 0.3) is 0 Å². The lowest BCUT2D eigenvalue weighted by molar-refractivity contribution is -0.114. The van der Waals surface area contributed by atoms with Gasteiger partial charge in [0.05, 0.1) is 42.1 Å². The van der Waals surface area contributed by atoms with E-state index in [1.165, 1.54) is 6.92 Å². The molecule has 9 heteroatoms. The van der Waals surface area contributed by atoms with Gasteiger partial charge in [-0.3, -0.25) is 15.1 Å². The molecule has 0 aliphatic rings. The van der Waals surface area contributed by atoms with Crippen LogP contribution in [-0.4, -0.2) is 43.0 Å². The summed E-state index contributed by atoms with van der Waals surface area (Å²) in [6, 6.07) is 15.0. The Hall–Kier alpha value is -4.42. The standard InChI is InChI=1S/C24H21N7O2/c1-4-17-7-5-8-18(11-17)21-12-22(28-24(27-21)25-16(2)32)23-14-31(30-29-23)13-19-9-6-10-20(26-19)15-33-3/h1,5-12,14H,13,15H2,2-3H3,(H,25,27,28,32). The molecular formula is C24H21N7O2. The van der Waals surface area contributed by atoms with Gasteiger partial charge in [-0.05, 0) is 30.3 Å². The molecule has 0 saturated carbocycles. The molecule has 3 aromatic heterocycles. The minimum absolute atomic E-state index is 0.171. The first-order valence-electron chi connectivity index (χ1n) is 10.1. The lowest BCUT2D eigenvalue weighted by Gasteiger charge is -2.08. The first-order chi connectivity index (χ1) is 16.0. The number of hydrogen-bond donors (Lipinski definition) is 1. The van der Waals surface area contributed by atoms with Crippen LogP contribution in [-0.2, 0) is 22.7 Å². The molecule has 4 rings (SSSR count). The molecule has 1 aromatic carbocycles. The average molecular weight is 439 g/mol. The molecule has 0 saturated heterocycles. The number of benzene rings is 1. The van der Waals surface area contributed by atoms with E-state index in [0.29, 0.717) is 30.2 Å². The second kappa shape index (κ2) is 9.80. The fraction of sp³-hybridized carbons (Fsp3) is 0.167. The zero-order valence-corrected chi connectivity index (χ0v) is 18.2. The van der Waals surface area contributed by atoms with E-state index < -0.39 is 0 Å². The molecule has 0 spiro atoms. The molecule has 0 fully saturated rings. The van der Waals surface area contributed by atoms with Crippen molar-refractivity contribution < 1.29 is 9.53 Å². The number of rotatable bonds is 7. The number of nitrogens with one attached hydrogen (secondary N) is 1. The first kappa shape index (κ1) is 21.8. The SMILES string of the molecule is C#Cc1cccc(-c2cc(-c3cn(Cc4cccc(COC)n4)nn3)nc(NC(C)=O)n2)c1. The van der Waals surface area contributed by atoms with Gasteiger partial charge in [0.2, 0.25) is 11.9 Å². The predicted octanol–water partition coefficient (Wildman–Crippen LogP) is 2.93. The van der Waals surface area contributed by atoms with Crippen LogP contribution in [0, 0.1) is 12.3 Å². The largest absolute Gasteiger partial charge is 0.378 e. The van der Waals surface area contributed by atoms with Crippen molar-refractivity contribution in [2.45, 2.75) is 20.1 Å². The van der Waals surface area contributed by atoms with E-state index in [2.05, 4.69) is 36.5 Å². The van der Waals surface area contributed by atoms with Crippen molar-refractivity contribution in [1.82, 2.24) is 29.9 Å². The van der Waals surface area contributed by atoms with Crippen LogP contribution in [0.1, 0.15) is 23.9 Å². The lowest BCUT2D eigenvalue weighted by atomic mass is 10.1. The van der Waals surface area contributed by atoms with Gasteiger partial charge in [0.1, 0.15) is 5.69 Å². The highest BCUT2D eigenvalue weighted by Gasteiger charge is 2.13. The molecule has 4 aromatic rings. The smallest absolute Gasteiger partial charge is 0.230 e. The third-order valence-corrected chi connectivity index (χ3v) is 4.62. The number of carbonyl (C=O) groups excluding carboxylic acids is 1. The Balaban J connectivity index is 1.67. The normalized spacial score (nSPS) is 10.6. The maximum absolute atomic E-state index is 11.6. The molecule has 164 valence electrons. The summed E-state index contributed by atoms with van der Waals surface area (Å²) < 4.78 is 6.82. The summed E-state index contributed by atoms with van der Waals surface area (Å²) in [6.45, 7) is 2.27. The van der Waals surface area contributed by atoms with Crippen LogP contribution in [0.4, 0.5) is 5.95 Å². The molecule has 0 aliphatic carbocycles. The van der Waals surface area contributed by atoms with Crippen molar-refractivity contribution in [3.8, 4) is 35.0 Å². The maximum atomic E-state index is 11.6. The lowest BCUT2D eigenvalue weighted by Crippen LogP contribution is -2.10. The van der Waals surface area contributed by atoms with Gasteiger partial charge in [-0.1, -0.05) is 29.3 Å². The average Bonchev–Trinajstić information content (AvgIpc) is 3.27. The molecule has 1 N–H and O–H groups in total. The van der Waals surface area contributed by atoms with Gasteiger partial charge in [-0.25, -0.2) is 14.6 Å². The number of aromatic nitrogens is 6. The summed E-state index contributed by atoms with van der Waals surface area (Å²) in [4.78, 5) is 25.1. The topological polar surface area (TPSA) is 108 Å². The number of pyridine rings is 1. The summed E-state index contributed by atoms with van der Waals surface area (Å²) in [5.41, 5.74) is 4.84. The van der Waals surface area contributed by atoms with Gasteiger partial charge < -0.3 is 4.74 Å². The Bertz CT molecular complexity index is 1340. The Morgan fingerprint density at radius 3 is 2.64 bits per heavy atom. The van der Waals surface area contributed by atoms with Crippen LogP contribution in [0.2, 0.25) is 0 Å². The van der Waals surface area contributed by atoms with Crippen molar-refractivity contribution in [3.63, 3.8) is 0 Å². The van der Waals surface area contributed by atoms with Gasteiger partial charge in [0.15, 0.2) is 0 Å². The minimum atomic E-state index is -0.277. The number of methoxy groups -OCH3 is 1. The van der Waals surface area contributed by atoms with Crippen LogP contribution >= 0.6 is 0 Å². The monoisotopic (exact) mass is 439 g/mol. The number of hydrogen-bond acceptors (Lipinski definition) is 7. The van der Waals surface area contributed by atoms with Crippen LogP contribution < -0.4 is 5.32 Å². The minimum Gasteiger partial charge on any atom is -0.378 e. The van der Waals surface area contributed by atoms with E-state index in [-0.39, 0.29) is 11.9 Å². The Labute approximate surface area is 190 Å². The summed E-state index contributed by atoms with van der Waals surface area (Å²) in [6.07, 6.45) is 7.30. The van der Waals surface area contributed by atoms with Crippen LogP contribution in [0.15, 0.2) is 54.7 Å². The van der Waals surface area contributed by atoms with Gasteiger partial charge in [0, 0.05) is 25.2 Å². The molecule has 3 heterocycles. The second-order valence-corrected chi connectivity index (χ2v) is 7.22. The summed E-state index contributed by atoms with van der Waals surface area (Å²) >= 11 is 0. The molecule has 33 heavy (non-hydrogen) atoms. The predicted molar refractivity (Wildman–Crippen MR) is 123 cm³/mol. The highest BCUT2D eigenvalue weighted by molar-refractivity contribution is 5.87. The molecule has 9 nitrogen and oxygen atoms in total. The number of amides is 1. The highest BCUT2D eigenvalue weighted by atomic mass is 16.5. The van der Waals surface area contributed by atoms with Crippen molar-refractivity contribution in [1.29, 1.82) is 0 Å². The van der Waals surface area contributed by atoms with Crippen LogP contribution in [0.25, 0.3) is 22.6 Å². The third-order valence-electron chi connectivity index (χ3n) is 4.62. The summed E-state index contributed by atoms with van der Waals surface area (Å²) in [5, 5.41) is 11.1. The summed E-state index contributed by atoms with van der Waals surface area (Å²) in [5.74, 6) is 2.51. The maximum Gasteiger partial charge on any atom is 0.230 e. The zero-order valence-electron chi connectivity index (χ0n) is 18.2. The molecule has 0 atom stereocenters. The number of terminal acetylenes is 1. The Kier molecular flexibility index (Phi) is 6.48. The van der Waals surface area contributed by atoms with Crippen molar-refractivity contribution in [3.05, 3.63) is 71.7 Å². The summed E-state index contributed by atoms with van der Waals surface area (Å²) in [7, 11) is 1.63. The number of anilines is 1. The molecule has 0 aliphatic heterocycles. The van der Waals surface area contributed by atoms with Crippen LogP contribution in [0.5, 0.6) is 0 Å². The highest BCUT2D eigenvalue weighted by Crippen LogP contribution is 2.25. The quantitative estimate of drug-likeness (QED) is 0.441. The number of carbonyl (C=O) groups is 1. The van der Waals surface area contributed by atoms with Gasteiger partial charge in [-0.15, -0.1) is 11.5 Å². The zero-order chi connectivity index (χ0) is 23.2. The fourth-order valence-electron chi connectivity index (χ4n) is 3.21. The fourth-order valence-corrected chi connectivity index (χ4v) is 3.21. The Morgan fingerprint density at radius 2 is 1.85 bits per heavy atom. The van der Waals surface area contributed by atoms with Crippen molar-refractivity contribution in [2.24, 2.45) is 0 Å².